The number of hydrogen-bond donors (Lipinski definition) is 1. The lowest BCUT2D eigenvalue weighted by atomic mass is 9.89. The molecule has 0 aromatic heterocycles. The van der Waals surface area contributed by atoms with Gasteiger partial charge < -0.3 is 10.1 Å². The van der Waals surface area contributed by atoms with Gasteiger partial charge in [-0.25, -0.2) is 4.79 Å². The standard InChI is InChI=1S/C19H20N2O2/c1-13-8-9-17-15(10-13)16-11-19(2,23-17)21(18(22)20-16)12-14-6-4-3-5-7-14/h3-10,16H,11-12H2,1-2H3,(H,20,22)/t16-,19-/m1/s1. The molecule has 4 heteroatoms. The third-order valence-corrected chi connectivity index (χ3v) is 4.75. The van der Waals surface area contributed by atoms with Crippen LogP contribution in [0.1, 0.15) is 36.1 Å². The van der Waals surface area contributed by atoms with Gasteiger partial charge >= 0.3 is 6.03 Å². The topological polar surface area (TPSA) is 41.6 Å². The molecule has 1 saturated heterocycles. The summed E-state index contributed by atoms with van der Waals surface area (Å²) in [6, 6.07) is 16.1. The Morgan fingerprint density at radius 2 is 2.04 bits per heavy atom. The summed E-state index contributed by atoms with van der Waals surface area (Å²) in [5.74, 6) is 0.868. The van der Waals surface area contributed by atoms with Crippen molar-refractivity contribution < 1.29 is 9.53 Å². The number of ether oxygens (including phenoxy) is 1. The molecule has 2 aromatic carbocycles. The van der Waals surface area contributed by atoms with E-state index < -0.39 is 5.72 Å². The van der Waals surface area contributed by atoms with Crippen molar-refractivity contribution in [2.24, 2.45) is 0 Å². The van der Waals surface area contributed by atoms with Crippen LogP contribution in [-0.4, -0.2) is 16.7 Å². The zero-order valence-electron chi connectivity index (χ0n) is 13.4. The Morgan fingerprint density at radius 1 is 1.26 bits per heavy atom. The summed E-state index contributed by atoms with van der Waals surface area (Å²) in [6.07, 6.45) is 0.752. The van der Waals surface area contributed by atoms with Gasteiger partial charge in [-0.1, -0.05) is 48.0 Å². The highest BCUT2D eigenvalue weighted by molar-refractivity contribution is 5.77. The molecular formula is C19H20N2O2. The predicted molar refractivity (Wildman–Crippen MR) is 88.1 cm³/mol. The largest absolute Gasteiger partial charge is 0.468 e. The number of carbonyl (C=O) groups excluding carboxylic acids is 1. The lowest BCUT2D eigenvalue weighted by Crippen LogP contribution is -2.64. The summed E-state index contributed by atoms with van der Waals surface area (Å²) in [7, 11) is 0. The quantitative estimate of drug-likeness (QED) is 0.918. The van der Waals surface area contributed by atoms with E-state index in [0.29, 0.717) is 6.54 Å². The highest BCUT2D eigenvalue weighted by Gasteiger charge is 2.48. The second-order valence-corrected chi connectivity index (χ2v) is 6.60. The van der Waals surface area contributed by atoms with Crippen LogP contribution in [0.5, 0.6) is 5.75 Å². The summed E-state index contributed by atoms with van der Waals surface area (Å²) in [5.41, 5.74) is 2.73. The van der Waals surface area contributed by atoms with Crippen molar-refractivity contribution in [1.82, 2.24) is 10.2 Å². The number of amides is 2. The molecule has 2 aromatic rings. The molecule has 4 rings (SSSR count). The third kappa shape index (κ3) is 2.34. The average molecular weight is 308 g/mol. The fourth-order valence-electron chi connectivity index (χ4n) is 3.54. The normalized spacial score (nSPS) is 25.4. The number of carbonyl (C=O) groups is 1. The molecule has 4 nitrogen and oxygen atoms in total. The fraction of sp³-hybridized carbons (Fsp3) is 0.316. The second kappa shape index (κ2) is 5.01. The van der Waals surface area contributed by atoms with Gasteiger partial charge in [-0.2, -0.15) is 0 Å². The van der Waals surface area contributed by atoms with Gasteiger partial charge in [0.15, 0.2) is 5.72 Å². The van der Waals surface area contributed by atoms with Crippen molar-refractivity contribution >= 4 is 6.03 Å². The molecule has 2 heterocycles. The van der Waals surface area contributed by atoms with Gasteiger partial charge in [0.05, 0.1) is 12.6 Å². The summed E-state index contributed by atoms with van der Waals surface area (Å²) >= 11 is 0. The summed E-state index contributed by atoms with van der Waals surface area (Å²) in [4.78, 5) is 14.4. The van der Waals surface area contributed by atoms with Crippen LogP contribution in [0.4, 0.5) is 4.79 Å². The monoisotopic (exact) mass is 308 g/mol. The van der Waals surface area contributed by atoms with E-state index in [0.717, 1.165) is 23.3 Å². The molecule has 2 bridgehead atoms. The van der Waals surface area contributed by atoms with Crippen molar-refractivity contribution in [3.8, 4) is 5.75 Å². The minimum Gasteiger partial charge on any atom is -0.468 e. The lowest BCUT2D eigenvalue weighted by Gasteiger charge is -2.50. The van der Waals surface area contributed by atoms with Crippen LogP contribution in [0.25, 0.3) is 0 Å². The first-order valence-corrected chi connectivity index (χ1v) is 7.97. The van der Waals surface area contributed by atoms with Crippen molar-refractivity contribution in [3.05, 3.63) is 65.2 Å². The Kier molecular flexibility index (Phi) is 3.08. The van der Waals surface area contributed by atoms with Gasteiger partial charge in [0.25, 0.3) is 0 Å². The Bertz CT molecular complexity index is 759. The number of benzene rings is 2. The molecule has 0 aliphatic carbocycles. The van der Waals surface area contributed by atoms with E-state index in [4.69, 9.17) is 4.74 Å². The molecule has 0 radical (unpaired) electrons. The fourth-order valence-corrected chi connectivity index (χ4v) is 3.54. The molecule has 23 heavy (non-hydrogen) atoms. The van der Waals surface area contributed by atoms with E-state index in [1.165, 1.54) is 5.56 Å². The van der Waals surface area contributed by atoms with Gasteiger partial charge in [0.2, 0.25) is 0 Å². The molecule has 2 aliphatic heterocycles. The van der Waals surface area contributed by atoms with Crippen LogP contribution in [-0.2, 0) is 6.54 Å². The predicted octanol–water partition coefficient (Wildman–Crippen LogP) is 3.76. The summed E-state index contributed by atoms with van der Waals surface area (Å²) in [6.45, 7) is 4.60. The zero-order valence-corrected chi connectivity index (χ0v) is 13.4. The lowest BCUT2D eigenvalue weighted by molar-refractivity contribution is -0.0879. The molecule has 2 amide bonds. The zero-order chi connectivity index (χ0) is 16.0. The number of fused-ring (bicyclic) bond motifs is 4. The van der Waals surface area contributed by atoms with Gasteiger partial charge in [-0.15, -0.1) is 0 Å². The first kappa shape index (κ1) is 14.1. The Labute approximate surface area is 136 Å². The van der Waals surface area contributed by atoms with Gasteiger partial charge in [-0.05, 0) is 25.5 Å². The van der Waals surface area contributed by atoms with E-state index in [1.54, 1.807) is 4.90 Å². The third-order valence-electron chi connectivity index (χ3n) is 4.75. The maximum atomic E-state index is 12.6. The highest BCUT2D eigenvalue weighted by Crippen LogP contribution is 2.44. The molecule has 2 atom stereocenters. The minimum absolute atomic E-state index is 0.0168. The highest BCUT2D eigenvalue weighted by atomic mass is 16.5. The first-order valence-electron chi connectivity index (χ1n) is 7.97. The number of nitrogens with one attached hydrogen (secondary N) is 1. The van der Waals surface area contributed by atoms with E-state index in [2.05, 4.69) is 18.3 Å². The minimum atomic E-state index is -0.620. The maximum Gasteiger partial charge on any atom is 0.321 e. The molecular weight excluding hydrogens is 288 g/mol. The summed E-state index contributed by atoms with van der Waals surface area (Å²) < 4.78 is 6.27. The van der Waals surface area contributed by atoms with E-state index >= 15 is 0 Å². The first-order chi connectivity index (χ1) is 11.0. The van der Waals surface area contributed by atoms with Crippen molar-refractivity contribution in [1.29, 1.82) is 0 Å². The molecule has 118 valence electrons. The van der Waals surface area contributed by atoms with E-state index in [-0.39, 0.29) is 12.1 Å². The second-order valence-electron chi connectivity index (χ2n) is 6.60. The average Bonchev–Trinajstić information content (AvgIpc) is 2.53. The van der Waals surface area contributed by atoms with Crippen LogP contribution in [0.15, 0.2) is 48.5 Å². The van der Waals surface area contributed by atoms with E-state index in [1.807, 2.05) is 49.4 Å². The molecule has 0 unspecified atom stereocenters. The van der Waals surface area contributed by atoms with Crippen LogP contribution in [0, 0.1) is 6.92 Å². The molecule has 0 spiro atoms. The van der Waals surface area contributed by atoms with Crippen molar-refractivity contribution in [2.75, 3.05) is 0 Å². The van der Waals surface area contributed by atoms with Crippen molar-refractivity contribution in [2.45, 2.75) is 38.6 Å². The van der Waals surface area contributed by atoms with Crippen molar-refractivity contribution in [3.63, 3.8) is 0 Å². The molecule has 0 saturated carbocycles. The number of rotatable bonds is 2. The number of nitrogens with zero attached hydrogens (tertiary/aromatic N) is 1. The molecule has 1 N–H and O–H groups in total. The maximum absolute atomic E-state index is 12.6. The smallest absolute Gasteiger partial charge is 0.321 e. The van der Waals surface area contributed by atoms with Crippen LogP contribution in [0.3, 0.4) is 0 Å². The number of urea groups is 1. The number of aryl methyl sites for hydroxylation is 1. The SMILES string of the molecule is Cc1ccc2c(c1)[C@H]1C[C@@](C)(O2)N(Cc2ccccc2)C(=O)N1. The van der Waals surface area contributed by atoms with Gasteiger partial charge in [0, 0.05) is 12.0 Å². The Hall–Kier alpha value is -2.49. The van der Waals surface area contributed by atoms with Crippen LogP contribution < -0.4 is 10.1 Å². The molecule has 2 aliphatic rings. The Balaban J connectivity index is 1.69. The van der Waals surface area contributed by atoms with E-state index in [9.17, 15) is 4.79 Å². The van der Waals surface area contributed by atoms with Crippen LogP contribution >= 0.6 is 0 Å². The summed E-state index contributed by atoms with van der Waals surface area (Å²) in [5, 5.41) is 3.13. The molecule has 1 fully saturated rings. The van der Waals surface area contributed by atoms with Gasteiger partial charge in [-0.3, -0.25) is 4.90 Å². The van der Waals surface area contributed by atoms with Crippen LogP contribution in [0.2, 0.25) is 0 Å². The van der Waals surface area contributed by atoms with Gasteiger partial charge in [0.1, 0.15) is 5.75 Å². The number of hydrogen-bond acceptors (Lipinski definition) is 2. The Morgan fingerprint density at radius 3 is 2.83 bits per heavy atom.